The molecule has 4 atom stereocenters. The molecule has 0 saturated heterocycles. The van der Waals surface area contributed by atoms with Crippen molar-refractivity contribution in [2.45, 2.75) is 64.6 Å². The molecule has 2 rings (SSSR count). The lowest BCUT2D eigenvalue weighted by Crippen LogP contribution is -2.38. The summed E-state index contributed by atoms with van der Waals surface area (Å²) in [6.07, 6.45) is 5.71. The van der Waals surface area contributed by atoms with Crippen LogP contribution < -0.4 is 0 Å². The quantitative estimate of drug-likeness (QED) is 0.588. The Morgan fingerprint density at radius 2 is 1.14 bits per heavy atom. The average molecular weight is 306 g/mol. The minimum atomic E-state index is -0.285. The number of hydrogen-bond acceptors (Lipinski definition) is 4. The number of ether oxygens (including phenoxy) is 2. The Hall–Kier alpha value is -1.58. The lowest BCUT2D eigenvalue weighted by atomic mass is 9.69. The van der Waals surface area contributed by atoms with E-state index in [0.717, 1.165) is 38.5 Å². The van der Waals surface area contributed by atoms with E-state index in [2.05, 4.69) is 13.2 Å². The summed E-state index contributed by atoms with van der Waals surface area (Å²) in [6.45, 7) is 10.6. The predicted octanol–water partition coefficient (Wildman–Crippen LogP) is 3.56. The maximum Gasteiger partial charge on any atom is 0.333 e. The molecule has 0 N–H and O–H groups in total. The highest BCUT2D eigenvalue weighted by atomic mass is 16.5. The van der Waals surface area contributed by atoms with Gasteiger partial charge in [0.15, 0.2) is 0 Å². The molecule has 0 spiro atoms. The van der Waals surface area contributed by atoms with Gasteiger partial charge in [-0.3, -0.25) is 0 Å². The number of carbonyl (C=O) groups is 2. The molecule has 0 aliphatic heterocycles. The number of carbonyl (C=O) groups excluding carboxylic acids is 2. The van der Waals surface area contributed by atoms with Gasteiger partial charge in [0.1, 0.15) is 12.2 Å². The van der Waals surface area contributed by atoms with E-state index in [4.69, 9.17) is 9.47 Å². The summed E-state index contributed by atoms with van der Waals surface area (Å²) in [5.74, 6) is 0.563. The van der Waals surface area contributed by atoms with E-state index in [1.54, 1.807) is 13.8 Å². The third kappa shape index (κ3) is 4.21. The zero-order valence-electron chi connectivity index (χ0n) is 13.6. The molecule has 4 heteroatoms. The van der Waals surface area contributed by atoms with Crippen molar-refractivity contribution >= 4 is 11.9 Å². The summed E-state index contributed by atoms with van der Waals surface area (Å²) < 4.78 is 11.0. The minimum Gasteiger partial charge on any atom is -0.459 e. The molecule has 0 aromatic carbocycles. The van der Waals surface area contributed by atoms with E-state index in [1.165, 1.54) is 0 Å². The molecule has 4 nitrogen and oxygen atoms in total. The molecule has 4 unspecified atom stereocenters. The van der Waals surface area contributed by atoms with Gasteiger partial charge in [0.05, 0.1) is 0 Å². The molecule has 2 fully saturated rings. The van der Waals surface area contributed by atoms with E-state index >= 15 is 0 Å². The van der Waals surface area contributed by atoms with Crippen molar-refractivity contribution in [2.75, 3.05) is 0 Å². The first-order valence-electron chi connectivity index (χ1n) is 8.09. The first kappa shape index (κ1) is 16.8. The Morgan fingerprint density at radius 1 is 0.773 bits per heavy atom. The van der Waals surface area contributed by atoms with E-state index in [9.17, 15) is 9.59 Å². The number of fused-ring (bicyclic) bond motifs is 1. The van der Waals surface area contributed by atoms with Crippen LogP contribution in [0.25, 0.3) is 0 Å². The molecule has 2 aliphatic rings. The lowest BCUT2D eigenvalue weighted by molar-refractivity contribution is -0.152. The monoisotopic (exact) mass is 306 g/mol. The van der Waals surface area contributed by atoms with Gasteiger partial charge in [0.2, 0.25) is 0 Å². The highest BCUT2D eigenvalue weighted by Crippen LogP contribution is 2.42. The summed E-state index contributed by atoms with van der Waals surface area (Å²) in [4.78, 5) is 23.2. The topological polar surface area (TPSA) is 52.6 Å². The number of rotatable bonds is 4. The first-order chi connectivity index (χ1) is 10.4. The summed E-state index contributed by atoms with van der Waals surface area (Å²) >= 11 is 0. The maximum atomic E-state index is 11.6. The van der Waals surface area contributed by atoms with Crippen LogP contribution in [0.15, 0.2) is 24.3 Å². The van der Waals surface area contributed by atoms with Crippen LogP contribution in [0.2, 0.25) is 0 Å². The zero-order valence-corrected chi connectivity index (χ0v) is 13.6. The molecule has 2 aliphatic carbocycles. The summed E-state index contributed by atoms with van der Waals surface area (Å²) in [5.41, 5.74) is 0.912. The Bertz CT molecular complexity index is 435. The van der Waals surface area contributed by atoms with Crippen molar-refractivity contribution in [2.24, 2.45) is 11.8 Å². The van der Waals surface area contributed by atoms with Crippen molar-refractivity contribution in [3.63, 3.8) is 0 Å². The molecular formula is C18H26O4. The maximum absolute atomic E-state index is 11.6. The highest BCUT2D eigenvalue weighted by molar-refractivity contribution is 5.87. The van der Waals surface area contributed by atoms with E-state index in [1.807, 2.05) is 0 Å². The molecule has 0 aromatic rings. The van der Waals surface area contributed by atoms with E-state index in [0.29, 0.717) is 23.0 Å². The van der Waals surface area contributed by atoms with Crippen molar-refractivity contribution in [3.8, 4) is 0 Å². The van der Waals surface area contributed by atoms with Crippen LogP contribution in [0.1, 0.15) is 52.4 Å². The van der Waals surface area contributed by atoms with Gasteiger partial charge in [0, 0.05) is 11.1 Å². The van der Waals surface area contributed by atoms with Gasteiger partial charge in [-0.05, 0) is 64.2 Å². The molecule has 2 saturated carbocycles. The molecule has 122 valence electrons. The van der Waals surface area contributed by atoms with Gasteiger partial charge in [-0.2, -0.15) is 0 Å². The van der Waals surface area contributed by atoms with Crippen LogP contribution in [-0.2, 0) is 19.1 Å². The molecule has 22 heavy (non-hydrogen) atoms. The normalized spacial score (nSPS) is 30.8. The largest absolute Gasteiger partial charge is 0.459 e. The lowest BCUT2D eigenvalue weighted by Gasteiger charge is -2.41. The Kier molecular flexibility index (Phi) is 5.43. The van der Waals surface area contributed by atoms with Gasteiger partial charge in [-0.25, -0.2) is 9.59 Å². The Labute approximate surface area is 132 Å². The van der Waals surface area contributed by atoms with Crippen LogP contribution in [-0.4, -0.2) is 24.1 Å². The standard InChI is InChI=1S/C18H26O4/c1-11(2)17(19)21-15-7-5-14-10-16(8-6-13(14)9-15)22-18(20)12(3)4/h13-16H,1,3,5-10H2,2,4H3. The smallest absolute Gasteiger partial charge is 0.333 e. The third-order valence-corrected chi connectivity index (χ3v) is 4.76. The SMILES string of the molecule is C=C(C)C(=O)OC1CCC2CC(OC(=O)C(=C)C)CCC2C1. The minimum absolute atomic E-state index is 0.0139. The average Bonchev–Trinajstić information content (AvgIpc) is 2.47. The fourth-order valence-electron chi connectivity index (χ4n) is 3.52. The summed E-state index contributed by atoms with van der Waals surface area (Å²) in [7, 11) is 0. The second-order valence-electron chi connectivity index (χ2n) is 6.76. The van der Waals surface area contributed by atoms with Crippen LogP contribution >= 0.6 is 0 Å². The number of hydrogen-bond donors (Lipinski definition) is 0. The molecular weight excluding hydrogens is 280 g/mol. The third-order valence-electron chi connectivity index (χ3n) is 4.76. The van der Waals surface area contributed by atoms with Crippen LogP contribution in [0.5, 0.6) is 0 Å². The summed E-state index contributed by atoms with van der Waals surface area (Å²) in [6, 6.07) is 0. The zero-order chi connectivity index (χ0) is 16.3. The van der Waals surface area contributed by atoms with Crippen molar-refractivity contribution in [1.29, 1.82) is 0 Å². The van der Waals surface area contributed by atoms with Gasteiger partial charge < -0.3 is 9.47 Å². The first-order valence-corrected chi connectivity index (χ1v) is 8.09. The highest BCUT2D eigenvalue weighted by Gasteiger charge is 2.38. The Morgan fingerprint density at radius 3 is 1.45 bits per heavy atom. The molecule has 0 heterocycles. The van der Waals surface area contributed by atoms with Crippen LogP contribution in [0.3, 0.4) is 0 Å². The van der Waals surface area contributed by atoms with Gasteiger partial charge in [-0.15, -0.1) is 0 Å². The fourth-order valence-corrected chi connectivity index (χ4v) is 3.52. The second-order valence-corrected chi connectivity index (χ2v) is 6.76. The van der Waals surface area contributed by atoms with Crippen LogP contribution in [0, 0.1) is 11.8 Å². The fraction of sp³-hybridized carbons (Fsp3) is 0.667. The van der Waals surface area contributed by atoms with Gasteiger partial charge in [0.25, 0.3) is 0 Å². The molecule has 0 amide bonds. The van der Waals surface area contributed by atoms with Crippen molar-refractivity contribution in [1.82, 2.24) is 0 Å². The Balaban J connectivity index is 1.83. The second kappa shape index (κ2) is 7.12. The molecule has 0 radical (unpaired) electrons. The van der Waals surface area contributed by atoms with E-state index in [-0.39, 0.29) is 24.1 Å². The molecule has 0 bridgehead atoms. The van der Waals surface area contributed by atoms with Crippen molar-refractivity contribution in [3.05, 3.63) is 24.3 Å². The van der Waals surface area contributed by atoms with Gasteiger partial charge in [-0.1, -0.05) is 13.2 Å². The van der Waals surface area contributed by atoms with Crippen molar-refractivity contribution < 1.29 is 19.1 Å². The van der Waals surface area contributed by atoms with Gasteiger partial charge >= 0.3 is 11.9 Å². The predicted molar refractivity (Wildman–Crippen MR) is 84.1 cm³/mol. The van der Waals surface area contributed by atoms with Crippen LogP contribution in [0.4, 0.5) is 0 Å². The van der Waals surface area contributed by atoms with E-state index < -0.39 is 0 Å². The summed E-state index contributed by atoms with van der Waals surface area (Å²) in [5, 5.41) is 0. The molecule has 0 aromatic heterocycles. The number of esters is 2.